The van der Waals surface area contributed by atoms with Crippen molar-refractivity contribution < 1.29 is 4.79 Å². The molecule has 7 heterocycles. The van der Waals surface area contributed by atoms with Crippen molar-refractivity contribution in [2.45, 2.75) is 13.1 Å². The predicted molar refractivity (Wildman–Crippen MR) is 139 cm³/mol. The number of nitrogens with zero attached hydrogens (tertiary/aromatic N) is 6. The molecule has 9 nitrogen and oxygen atoms in total. The summed E-state index contributed by atoms with van der Waals surface area (Å²) < 4.78 is 0. The van der Waals surface area contributed by atoms with Gasteiger partial charge in [0.2, 0.25) is 11.9 Å². The number of hydrogen-bond acceptors (Lipinski definition) is 8. The van der Waals surface area contributed by atoms with Gasteiger partial charge in [-0.25, -0.2) is 9.97 Å². The summed E-state index contributed by atoms with van der Waals surface area (Å²) in [6.07, 6.45) is 9.25. The van der Waals surface area contributed by atoms with E-state index in [9.17, 15) is 4.79 Å². The molecule has 8 bridgehead atoms. The lowest BCUT2D eigenvalue weighted by Gasteiger charge is -2.34. The minimum atomic E-state index is 0.0305. The molecular weight excluding hydrogens is 452 g/mol. The zero-order valence-corrected chi connectivity index (χ0v) is 20.2. The Kier molecular flexibility index (Phi) is 7.36. The molecule has 1 fully saturated rings. The van der Waals surface area contributed by atoms with Crippen molar-refractivity contribution in [3.05, 3.63) is 66.1 Å². The molecule has 1 saturated heterocycles. The predicted octanol–water partition coefficient (Wildman–Crippen LogP) is 1.92. The maximum atomic E-state index is 12.5. The number of piperazine rings is 1. The second-order valence-corrected chi connectivity index (χ2v) is 9.08. The number of anilines is 2. The van der Waals surface area contributed by atoms with Crippen LogP contribution in [0, 0.1) is 12.5 Å². The Morgan fingerprint density at radius 2 is 1.75 bits per heavy atom. The smallest absolute Gasteiger partial charge is 0.234 e. The van der Waals surface area contributed by atoms with E-state index in [0.29, 0.717) is 32.1 Å². The van der Waals surface area contributed by atoms with Gasteiger partial charge in [0.15, 0.2) is 0 Å². The summed E-state index contributed by atoms with van der Waals surface area (Å²) >= 11 is 0. The van der Waals surface area contributed by atoms with E-state index in [0.717, 1.165) is 55.4 Å². The van der Waals surface area contributed by atoms with E-state index in [1.54, 1.807) is 12.4 Å². The number of amides is 1. The molecule has 0 saturated carbocycles. The number of carbonyl (C=O) groups is 1. The molecule has 2 N–H and O–H groups in total. The number of nitrogens with one attached hydrogen (secondary N) is 2. The molecule has 2 aromatic heterocycles. The molecule has 3 aromatic rings. The van der Waals surface area contributed by atoms with Crippen LogP contribution in [-0.4, -0.2) is 81.4 Å². The van der Waals surface area contributed by atoms with E-state index < -0.39 is 0 Å². The van der Waals surface area contributed by atoms with Gasteiger partial charge in [-0.3, -0.25) is 19.6 Å². The highest BCUT2D eigenvalue weighted by Crippen LogP contribution is 2.21. The van der Waals surface area contributed by atoms with Crippen molar-refractivity contribution in [3.63, 3.8) is 0 Å². The number of aromatic nitrogens is 3. The van der Waals surface area contributed by atoms with E-state index in [4.69, 9.17) is 11.4 Å². The maximum absolute atomic E-state index is 12.5. The largest absolute Gasteiger partial charge is 0.353 e. The first-order valence-corrected chi connectivity index (χ1v) is 12.2. The minimum absolute atomic E-state index is 0.0305. The molecule has 0 radical (unpaired) electrons. The van der Waals surface area contributed by atoms with Crippen LogP contribution in [0.15, 0.2) is 54.9 Å². The third-order valence-corrected chi connectivity index (χ3v) is 6.44. The first kappa shape index (κ1) is 23.7. The highest BCUT2D eigenvalue weighted by atomic mass is 16.2. The summed E-state index contributed by atoms with van der Waals surface area (Å²) in [6.45, 7) is 6.39. The zero-order chi connectivity index (χ0) is 24.7. The maximum Gasteiger partial charge on any atom is 0.234 e. The number of terminal acetylenes is 1. The van der Waals surface area contributed by atoms with Crippen LogP contribution < -0.4 is 10.6 Å². The first-order valence-electron chi connectivity index (χ1n) is 12.2. The molecular formula is C27H30N8O. The third-order valence-electron chi connectivity index (χ3n) is 6.44. The lowest BCUT2D eigenvalue weighted by molar-refractivity contribution is -0.122. The summed E-state index contributed by atoms with van der Waals surface area (Å²) in [5.41, 5.74) is 4.70. The van der Waals surface area contributed by atoms with Gasteiger partial charge in [0.25, 0.3) is 0 Å². The van der Waals surface area contributed by atoms with Crippen molar-refractivity contribution in [3.8, 4) is 23.7 Å². The van der Waals surface area contributed by atoms with Crippen LogP contribution in [0.2, 0.25) is 0 Å². The normalized spacial score (nSPS) is 20.8. The van der Waals surface area contributed by atoms with Crippen molar-refractivity contribution in [1.82, 2.24) is 35.0 Å². The average molecular weight is 483 g/mol. The molecule has 0 unspecified atom stereocenters. The zero-order valence-electron chi connectivity index (χ0n) is 20.2. The van der Waals surface area contributed by atoms with Crippen molar-refractivity contribution >= 4 is 17.5 Å². The number of hydrogen-bond donors (Lipinski definition) is 2. The summed E-state index contributed by atoms with van der Waals surface area (Å²) in [7, 11) is 0. The first-order chi connectivity index (χ1) is 17.6. The fourth-order valence-electron chi connectivity index (χ4n) is 4.46. The molecule has 0 spiro atoms. The quantitative estimate of drug-likeness (QED) is 0.470. The standard InChI is InChI=1S/C27H30N8O/c1-2-33-11-10-28-26(36)20-35-14-12-34(13-15-35)18-21-4-3-5-23(16-21)31-27-29-9-8-25(32-27)22-6-7-24(19-33)30-17-22/h1,3-9,16-17H,10-15,18-20H2,(H,28,36)(H,29,31,32). The van der Waals surface area contributed by atoms with Gasteiger partial charge in [0.1, 0.15) is 0 Å². The monoisotopic (exact) mass is 482 g/mol. The number of rotatable bonds is 0. The Bertz CT molecular complexity index is 1230. The fraction of sp³-hybridized carbons (Fsp3) is 0.333. The Balaban J connectivity index is 1.38. The van der Waals surface area contributed by atoms with E-state index in [1.165, 1.54) is 5.56 Å². The molecule has 5 aliphatic rings. The van der Waals surface area contributed by atoms with Gasteiger partial charge in [-0.1, -0.05) is 18.6 Å². The summed E-state index contributed by atoms with van der Waals surface area (Å²) in [5.74, 6) is 0.569. The minimum Gasteiger partial charge on any atom is -0.353 e. The van der Waals surface area contributed by atoms with E-state index >= 15 is 0 Å². The van der Waals surface area contributed by atoms with Crippen LogP contribution in [0.4, 0.5) is 11.6 Å². The van der Waals surface area contributed by atoms with Crippen LogP contribution in [0.1, 0.15) is 11.3 Å². The van der Waals surface area contributed by atoms with Crippen LogP contribution in [0.3, 0.4) is 0 Å². The topological polar surface area (TPSA) is 89.5 Å². The SMILES string of the molecule is C#CN1CCNC(=O)CN2CCN(CC2)Cc2cccc(c2)Nc2nccc(n2)-c2ccc(nc2)C1. The molecule has 36 heavy (non-hydrogen) atoms. The van der Waals surface area contributed by atoms with Crippen LogP contribution in [0.5, 0.6) is 0 Å². The highest BCUT2D eigenvalue weighted by molar-refractivity contribution is 5.78. The fourth-order valence-corrected chi connectivity index (χ4v) is 4.46. The van der Waals surface area contributed by atoms with Crippen molar-refractivity contribution in [2.75, 3.05) is 51.1 Å². The Morgan fingerprint density at radius 1 is 0.917 bits per heavy atom. The van der Waals surface area contributed by atoms with E-state index in [2.05, 4.69) is 48.6 Å². The molecule has 8 rings (SSSR count). The summed E-state index contributed by atoms with van der Waals surface area (Å²) in [6, 6.07) is 16.8. The van der Waals surface area contributed by atoms with E-state index in [1.807, 2.05) is 35.2 Å². The van der Waals surface area contributed by atoms with Gasteiger partial charge in [-0.2, -0.15) is 0 Å². The molecule has 184 valence electrons. The number of pyridine rings is 1. The third kappa shape index (κ3) is 6.16. The van der Waals surface area contributed by atoms with Gasteiger partial charge >= 0.3 is 0 Å². The van der Waals surface area contributed by atoms with Gasteiger partial charge < -0.3 is 15.5 Å². The van der Waals surface area contributed by atoms with Crippen LogP contribution >= 0.6 is 0 Å². The average Bonchev–Trinajstić information content (AvgIpc) is 2.89. The Hall–Kier alpha value is -4.00. The van der Waals surface area contributed by atoms with Gasteiger partial charge in [-0.15, -0.1) is 0 Å². The summed E-state index contributed by atoms with van der Waals surface area (Å²) in [5, 5.41) is 6.34. The second kappa shape index (κ2) is 11.2. The number of benzene rings is 1. The molecule has 0 atom stereocenters. The molecule has 0 aliphatic carbocycles. The van der Waals surface area contributed by atoms with Crippen LogP contribution in [0.25, 0.3) is 11.3 Å². The van der Waals surface area contributed by atoms with Crippen molar-refractivity contribution in [1.29, 1.82) is 0 Å². The highest BCUT2D eigenvalue weighted by Gasteiger charge is 2.19. The van der Waals surface area contributed by atoms with Gasteiger partial charge in [0.05, 0.1) is 24.5 Å². The lowest BCUT2D eigenvalue weighted by atomic mass is 10.1. The number of carbonyl (C=O) groups excluding carboxylic acids is 1. The van der Waals surface area contributed by atoms with Crippen LogP contribution in [-0.2, 0) is 17.9 Å². The molecule has 1 aromatic carbocycles. The van der Waals surface area contributed by atoms with E-state index in [-0.39, 0.29) is 5.91 Å². The second-order valence-electron chi connectivity index (χ2n) is 9.08. The van der Waals surface area contributed by atoms with Crippen molar-refractivity contribution in [2.24, 2.45) is 0 Å². The Labute approximate surface area is 211 Å². The lowest BCUT2D eigenvalue weighted by Crippen LogP contribution is -2.49. The molecule has 1 amide bonds. The summed E-state index contributed by atoms with van der Waals surface area (Å²) in [4.78, 5) is 32.6. The molecule has 5 aliphatic heterocycles. The molecule has 9 heteroatoms. The Morgan fingerprint density at radius 3 is 2.53 bits per heavy atom. The van der Waals surface area contributed by atoms with Gasteiger partial charge in [-0.05, 0) is 35.9 Å². The van der Waals surface area contributed by atoms with Gasteiger partial charge in [0, 0.05) is 75.5 Å².